The first-order valence-electron chi connectivity index (χ1n) is 9.23. The highest BCUT2D eigenvalue weighted by atomic mass is 19.1. The van der Waals surface area contributed by atoms with Crippen LogP contribution in [0.2, 0.25) is 0 Å². The van der Waals surface area contributed by atoms with Gasteiger partial charge in [-0.15, -0.1) is 0 Å². The fourth-order valence-electron chi connectivity index (χ4n) is 2.71. The minimum Gasteiger partial charge on any atom is -0.357 e. The van der Waals surface area contributed by atoms with Crippen LogP contribution in [0.3, 0.4) is 0 Å². The van der Waals surface area contributed by atoms with Crippen molar-refractivity contribution in [2.75, 3.05) is 26.7 Å². The van der Waals surface area contributed by atoms with Crippen LogP contribution in [-0.2, 0) is 17.8 Å². The smallest absolute Gasteiger partial charge is 0.224 e. The van der Waals surface area contributed by atoms with Gasteiger partial charge in [0, 0.05) is 26.7 Å². The number of halogens is 2. The number of hydrogen-bond donors (Lipinski definition) is 2. The molecule has 0 saturated heterocycles. The van der Waals surface area contributed by atoms with Crippen LogP contribution in [0.4, 0.5) is 8.78 Å². The van der Waals surface area contributed by atoms with Gasteiger partial charge in [-0.1, -0.05) is 24.3 Å². The Hall–Kier alpha value is -2.96. The second-order valence-corrected chi connectivity index (χ2v) is 6.38. The van der Waals surface area contributed by atoms with Gasteiger partial charge < -0.3 is 15.5 Å². The monoisotopic (exact) mass is 388 g/mol. The molecule has 2 N–H and O–H groups in total. The quantitative estimate of drug-likeness (QED) is 0.415. The lowest BCUT2D eigenvalue weighted by Crippen LogP contribution is -2.39. The number of carbonyl (C=O) groups excluding carboxylic acids is 1. The fraction of sp³-hybridized carbons (Fsp3) is 0.333. The number of amides is 1. The SMILES string of the molecule is CCNC(=NCCNC(=O)Cc1cccc(F)c1)N(C)Cc1cccc(F)c1. The van der Waals surface area contributed by atoms with Crippen molar-refractivity contribution in [3.63, 3.8) is 0 Å². The molecule has 5 nitrogen and oxygen atoms in total. The standard InChI is InChI=1S/C21H26F2N4O/c1-3-24-21(27(2)15-17-7-5-9-19(23)13-17)26-11-10-25-20(28)14-16-6-4-8-18(22)12-16/h4-9,12-13H,3,10-11,14-15H2,1-2H3,(H,24,26)(H,25,28). The van der Waals surface area contributed by atoms with Crippen molar-refractivity contribution in [2.24, 2.45) is 4.99 Å². The summed E-state index contributed by atoms with van der Waals surface area (Å²) >= 11 is 0. The zero-order valence-electron chi connectivity index (χ0n) is 16.2. The summed E-state index contributed by atoms with van der Waals surface area (Å²) in [6.07, 6.45) is 0.126. The van der Waals surface area contributed by atoms with Crippen LogP contribution in [-0.4, -0.2) is 43.4 Å². The third-order valence-electron chi connectivity index (χ3n) is 3.95. The normalized spacial score (nSPS) is 11.2. The first kappa shape index (κ1) is 21.3. The number of rotatable bonds is 8. The topological polar surface area (TPSA) is 56.7 Å². The van der Waals surface area contributed by atoms with Crippen LogP contribution < -0.4 is 10.6 Å². The van der Waals surface area contributed by atoms with Crippen molar-refractivity contribution in [1.29, 1.82) is 0 Å². The molecule has 0 radical (unpaired) electrons. The molecule has 2 rings (SSSR count). The van der Waals surface area contributed by atoms with Gasteiger partial charge in [-0.2, -0.15) is 0 Å². The summed E-state index contributed by atoms with van der Waals surface area (Å²) in [6, 6.07) is 12.4. The van der Waals surface area contributed by atoms with Crippen molar-refractivity contribution >= 4 is 11.9 Å². The summed E-state index contributed by atoms with van der Waals surface area (Å²) in [7, 11) is 1.87. The molecule has 0 atom stereocenters. The van der Waals surface area contributed by atoms with Gasteiger partial charge in [-0.25, -0.2) is 8.78 Å². The highest BCUT2D eigenvalue weighted by molar-refractivity contribution is 5.80. The van der Waals surface area contributed by atoms with E-state index in [9.17, 15) is 13.6 Å². The summed E-state index contributed by atoms with van der Waals surface area (Å²) in [5.74, 6) is -0.134. The number of nitrogens with one attached hydrogen (secondary N) is 2. The third-order valence-corrected chi connectivity index (χ3v) is 3.95. The Bertz CT molecular complexity index is 810. The highest BCUT2D eigenvalue weighted by Gasteiger charge is 2.08. The Labute approximate surface area is 164 Å². The van der Waals surface area contributed by atoms with Gasteiger partial charge in [0.05, 0.1) is 13.0 Å². The van der Waals surface area contributed by atoms with E-state index in [1.807, 2.05) is 24.9 Å². The van der Waals surface area contributed by atoms with E-state index in [0.717, 1.165) is 5.56 Å². The molecule has 0 aliphatic rings. The molecule has 2 aromatic carbocycles. The van der Waals surface area contributed by atoms with Crippen LogP contribution in [0.5, 0.6) is 0 Å². The van der Waals surface area contributed by atoms with Gasteiger partial charge in [-0.05, 0) is 42.3 Å². The predicted octanol–water partition coefficient (Wildman–Crippen LogP) is 2.72. The van der Waals surface area contributed by atoms with E-state index in [4.69, 9.17) is 0 Å². The molecule has 0 fully saturated rings. The first-order valence-corrected chi connectivity index (χ1v) is 9.23. The predicted molar refractivity (Wildman–Crippen MR) is 107 cm³/mol. The van der Waals surface area contributed by atoms with Crippen molar-refractivity contribution in [3.05, 3.63) is 71.3 Å². The zero-order valence-corrected chi connectivity index (χ0v) is 16.2. The number of benzene rings is 2. The Kier molecular flexibility index (Phi) is 8.39. The van der Waals surface area contributed by atoms with E-state index in [0.29, 0.717) is 37.7 Å². The average molecular weight is 388 g/mol. The molecule has 0 unspecified atom stereocenters. The van der Waals surface area contributed by atoms with Gasteiger partial charge in [0.1, 0.15) is 11.6 Å². The Morgan fingerprint density at radius 3 is 2.32 bits per heavy atom. The second kappa shape index (κ2) is 11.0. The number of carbonyl (C=O) groups is 1. The van der Waals surface area contributed by atoms with E-state index in [1.54, 1.807) is 18.2 Å². The second-order valence-electron chi connectivity index (χ2n) is 6.38. The molecule has 150 valence electrons. The summed E-state index contributed by atoms with van der Waals surface area (Å²) in [5, 5.41) is 5.96. The lowest BCUT2D eigenvalue weighted by atomic mass is 10.1. The molecule has 28 heavy (non-hydrogen) atoms. The number of hydrogen-bond acceptors (Lipinski definition) is 2. The van der Waals surface area contributed by atoms with Crippen LogP contribution in [0.1, 0.15) is 18.1 Å². The summed E-state index contributed by atoms with van der Waals surface area (Å²) in [6.45, 7) is 3.93. The Morgan fingerprint density at radius 2 is 1.68 bits per heavy atom. The summed E-state index contributed by atoms with van der Waals surface area (Å²) in [4.78, 5) is 18.3. The number of aliphatic imine (C=N–C) groups is 1. The van der Waals surface area contributed by atoms with Crippen LogP contribution in [0, 0.1) is 11.6 Å². The molecule has 1 amide bonds. The molecular weight excluding hydrogens is 362 g/mol. The maximum Gasteiger partial charge on any atom is 0.224 e. The summed E-state index contributed by atoms with van der Waals surface area (Å²) in [5.41, 5.74) is 1.47. The molecule has 0 saturated carbocycles. The molecule has 2 aromatic rings. The van der Waals surface area contributed by atoms with E-state index in [-0.39, 0.29) is 24.0 Å². The number of nitrogens with zero attached hydrogens (tertiary/aromatic N) is 2. The molecule has 0 aliphatic carbocycles. The molecule has 0 aliphatic heterocycles. The van der Waals surface area contributed by atoms with Crippen molar-refractivity contribution in [1.82, 2.24) is 15.5 Å². The fourth-order valence-corrected chi connectivity index (χ4v) is 2.71. The number of guanidine groups is 1. The van der Waals surface area contributed by atoms with Gasteiger partial charge in [-0.3, -0.25) is 9.79 Å². The first-order chi connectivity index (χ1) is 13.5. The maximum absolute atomic E-state index is 13.3. The molecular formula is C21H26F2N4O. The zero-order chi connectivity index (χ0) is 20.4. The molecule has 0 heterocycles. The van der Waals surface area contributed by atoms with Gasteiger partial charge in [0.15, 0.2) is 5.96 Å². The third kappa shape index (κ3) is 7.34. The van der Waals surface area contributed by atoms with Crippen LogP contribution in [0.15, 0.2) is 53.5 Å². The molecule has 0 bridgehead atoms. The highest BCUT2D eigenvalue weighted by Crippen LogP contribution is 2.06. The Morgan fingerprint density at radius 1 is 1.04 bits per heavy atom. The minimum atomic E-state index is -0.355. The van der Waals surface area contributed by atoms with Crippen molar-refractivity contribution in [3.8, 4) is 0 Å². The Balaban J connectivity index is 1.83. The molecule has 0 aromatic heterocycles. The van der Waals surface area contributed by atoms with E-state index in [1.165, 1.54) is 24.3 Å². The largest absolute Gasteiger partial charge is 0.357 e. The van der Waals surface area contributed by atoms with Crippen molar-refractivity contribution < 1.29 is 13.6 Å². The molecule has 7 heteroatoms. The van der Waals surface area contributed by atoms with Crippen LogP contribution >= 0.6 is 0 Å². The maximum atomic E-state index is 13.3. The van der Waals surface area contributed by atoms with E-state index < -0.39 is 0 Å². The van der Waals surface area contributed by atoms with Gasteiger partial charge in [0.25, 0.3) is 0 Å². The molecule has 0 spiro atoms. The summed E-state index contributed by atoms with van der Waals surface area (Å²) < 4.78 is 26.5. The lowest BCUT2D eigenvalue weighted by Gasteiger charge is -2.22. The minimum absolute atomic E-state index is 0.126. The van der Waals surface area contributed by atoms with Crippen LogP contribution in [0.25, 0.3) is 0 Å². The van der Waals surface area contributed by atoms with Gasteiger partial charge >= 0.3 is 0 Å². The lowest BCUT2D eigenvalue weighted by molar-refractivity contribution is -0.120. The van der Waals surface area contributed by atoms with E-state index in [2.05, 4.69) is 15.6 Å². The average Bonchev–Trinajstić information content (AvgIpc) is 2.64. The van der Waals surface area contributed by atoms with Crippen molar-refractivity contribution in [2.45, 2.75) is 19.9 Å². The van der Waals surface area contributed by atoms with E-state index >= 15 is 0 Å². The van der Waals surface area contributed by atoms with Gasteiger partial charge in [0.2, 0.25) is 5.91 Å².